The first-order valence-corrected chi connectivity index (χ1v) is 5.78. The molecule has 1 aliphatic heterocycles. The average Bonchev–Trinajstić information content (AvgIpc) is 2.25. The molecule has 0 aromatic carbocycles. The first-order chi connectivity index (χ1) is 6.93. The molecule has 0 atom stereocenters. The van der Waals surface area contributed by atoms with Crippen LogP contribution in [0.2, 0.25) is 0 Å². The molecule has 0 bridgehead atoms. The fraction of sp³-hybridized carbons (Fsp3) is 0.909. The van der Waals surface area contributed by atoms with E-state index in [-0.39, 0.29) is 0 Å². The van der Waals surface area contributed by atoms with E-state index in [1.54, 1.807) is 0 Å². The predicted octanol–water partition coefficient (Wildman–Crippen LogP) is 2.27. The van der Waals surface area contributed by atoms with Crippen LogP contribution in [0.25, 0.3) is 0 Å². The van der Waals surface area contributed by atoms with Crippen LogP contribution in [-0.4, -0.2) is 37.5 Å². The smallest absolute Gasteiger partial charge is 0.0659 e. The summed E-state index contributed by atoms with van der Waals surface area (Å²) in [4.78, 5) is 0. The lowest BCUT2D eigenvalue weighted by molar-refractivity contribution is 0.0395. The zero-order chi connectivity index (χ0) is 10.1. The highest BCUT2D eigenvalue weighted by Crippen LogP contribution is 2.01. The van der Waals surface area contributed by atoms with Gasteiger partial charge in [0.25, 0.3) is 0 Å². The van der Waals surface area contributed by atoms with E-state index < -0.39 is 0 Å². The van der Waals surface area contributed by atoms with Crippen molar-refractivity contribution < 1.29 is 4.74 Å². The van der Waals surface area contributed by atoms with E-state index in [2.05, 4.69) is 23.2 Å². The van der Waals surface area contributed by atoms with Gasteiger partial charge in [-0.3, -0.25) is 5.01 Å². The Morgan fingerprint density at radius 1 is 1.21 bits per heavy atom. The van der Waals surface area contributed by atoms with E-state index in [0.29, 0.717) is 0 Å². The van der Waals surface area contributed by atoms with E-state index >= 15 is 0 Å². The van der Waals surface area contributed by atoms with Gasteiger partial charge in [-0.1, -0.05) is 26.2 Å². The van der Waals surface area contributed by atoms with Gasteiger partial charge < -0.3 is 4.74 Å². The van der Waals surface area contributed by atoms with Crippen LogP contribution in [0.3, 0.4) is 0 Å². The van der Waals surface area contributed by atoms with Crippen LogP contribution in [0.4, 0.5) is 0 Å². The molecular formula is C11H22N2O. The molecule has 0 radical (unpaired) electrons. The molecule has 0 unspecified atom stereocenters. The molecule has 0 N–H and O–H groups in total. The van der Waals surface area contributed by atoms with Gasteiger partial charge in [0, 0.05) is 6.21 Å². The van der Waals surface area contributed by atoms with Crippen LogP contribution in [-0.2, 0) is 4.74 Å². The summed E-state index contributed by atoms with van der Waals surface area (Å²) in [7, 11) is 0. The van der Waals surface area contributed by atoms with Gasteiger partial charge in [-0.2, -0.15) is 5.10 Å². The molecule has 1 rings (SSSR count). The Bertz CT molecular complexity index is 153. The highest BCUT2D eigenvalue weighted by Gasteiger charge is 2.05. The lowest BCUT2D eigenvalue weighted by atomic mass is 10.2. The SMILES string of the molecule is CCCCCCC=NN1CCOCC1. The number of morpholine rings is 1. The normalized spacial score (nSPS) is 17.9. The maximum atomic E-state index is 5.24. The number of nitrogens with zero attached hydrogens (tertiary/aromatic N) is 2. The monoisotopic (exact) mass is 198 g/mol. The zero-order valence-corrected chi connectivity index (χ0v) is 9.24. The van der Waals surface area contributed by atoms with Gasteiger partial charge in [-0.15, -0.1) is 0 Å². The molecule has 1 fully saturated rings. The van der Waals surface area contributed by atoms with Crippen LogP contribution in [0.1, 0.15) is 39.0 Å². The van der Waals surface area contributed by atoms with Crippen molar-refractivity contribution in [3.05, 3.63) is 0 Å². The molecule has 3 nitrogen and oxygen atoms in total. The lowest BCUT2D eigenvalue weighted by Crippen LogP contribution is -2.32. The first-order valence-electron chi connectivity index (χ1n) is 5.78. The second kappa shape index (κ2) is 7.80. The Morgan fingerprint density at radius 3 is 2.71 bits per heavy atom. The summed E-state index contributed by atoms with van der Waals surface area (Å²) < 4.78 is 5.24. The summed E-state index contributed by atoms with van der Waals surface area (Å²) in [6.45, 7) is 5.79. The van der Waals surface area contributed by atoms with Crippen LogP contribution >= 0.6 is 0 Å². The average molecular weight is 198 g/mol. The van der Waals surface area contributed by atoms with Crippen LogP contribution in [0.15, 0.2) is 5.10 Å². The Hall–Kier alpha value is -0.570. The Labute approximate surface area is 87.1 Å². The molecule has 0 spiro atoms. The minimum Gasteiger partial charge on any atom is -0.378 e. The Balaban J connectivity index is 1.96. The third-order valence-corrected chi connectivity index (χ3v) is 2.42. The fourth-order valence-electron chi connectivity index (χ4n) is 1.50. The topological polar surface area (TPSA) is 24.8 Å². The number of hydrogen-bond donors (Lipinski definition) is 0. The fourth-order valence-corrected chi connectivity index (χ4v) is 1.50. The van der Waals surface area contributed by atoms with Gasteiger partial charge in [-0.05, 0) is 12.8 Å². The quantitative estimate of drug-likeness (QED) is 0.483. The zero-order valence-electron chi connectivity index (χ0n) is 9.24. The van der Waals surface area contributed by atoms with Gasteiger partial charge >= 0.3 is 0 Å². The molecule has 0 saturated carbocycles. The summed E-state index contributed by atoms with van der Waals surface area (Å²) in [5.41, 5.74) is 0. The van der Waals surface area contributed by atoms with E-state index in [9.17, 15) is 0 Å². The Morgan fingerprint density at radius 2 is 2.00 bits per heavy atom. The molecule has 0 aliphatic carbocycles. The number of unbranched alkanes of at least 4 members (excludes halogenated alkanes) is 4. The molecule has 14 heavy (non-hydrogen) atoms. The molecule has 0 amide bonds. The van der Waals surface area contributed by atoms with Crippen molar-refractivity contribution in [2.75, 3.05) is 26.3 Å². The third-order valence-electron chi connectivity index (χ3n) is 2.42. The molecule has 1 aliphatic rings. The van der Waals surface area contributed by atoms with Crippen molar-refractivity contribution in [2.24, 2.45) is 5.10 Å². The number of hydrazone groups is 1. The van der Waals surface area contributed by atoms with Crippen LogP contribution in [0.5, 0.6) is 0 Å². The van der Waals surface area contributed by atoms with Crippen LogP contribution < -0.4 is 0 Å². The predicted molar refractivity (Wildman–Crippen MR) is 59.6 cm³/mol. The van der Waals surface area contributed by atoms with Crippen molar-refractivity contribution in [3.63, 3.8) is 0 Å². The summed E-state index contributed by atoms with van der Waals surface area (Å²) in [6, 6.07) is 0. The molecule has 0 aromatic heterocycles. The molecule has 0 aromatic rings. The van der Waals surface area contributed by atoms with Crippen molar-refractivity contribution in [1.82, 2.24) is 5.01 Å². The van der Waals surface area contributed by atoms with Gasteiger partial charge in [0.1, 0.15) is 0 Å². The Kier molecular flexibility index (Phi) is 6.41. The van der Waals surface area contributed by atoms with Crippen molar-refractivity contribution >= 4 is 6.21 Å². The van der Waals surface area contributed by atoms with Crippen LogP contribution in [0, 0.1) is 0 Å². The molecule has 82 valence electrons. The first kappa shape index (κ1) is 11.5. The minimum absolute atomic E-state index is 0.827. The van der Waals surface area contributed by atoms with Crippen molar-refractivity contribution in [2.45, 2.75) is 39.0 Å². The summed E-state index contributed by atoms with van der Waals surface area (Å²) in [5.74, 6) is 0. The molecule has 1 saturated heterocycles. The standard InChI is InChI=1S/C11H22N2O/c1-2-3-4-5-6-7-12-13-8-10-14-11-9-13/h7H,2-6,8-11H2,1H3. The summed E-state index contributed by atoms with van der Waals surface area (Å²) in [6.07, 6.45) is 8.46. The van der Waals surface area contributed by atoms with E-state index in [0.717, 1.165) is 32.7 Å². The maximum absolute atomic E-state index is 5.24. The second-order valence-corrected chi connectivity index (χ2v) is 3.71. The van der Waals surface area contributed by atoms with E-state index in [1.807, 2.05) is 0 Å². The van der Waals surface area contributed by atoms with Gasteiger partial charge in [-0.25, -0.2) is 0 Å². The van der Waals surface area contributed by atoms with Crippen molar-refractivity contribution in [3.8, 4) is 0 Å². The van der Waals surface area contributed by atoms with Gasteiger partial charge in [0.05, 0.1) is 26.3 Å². The summed E-state index contributed by atoms with van der Waals surface area (Å²) in [5, 5.41) is 6.51. The highest BCUT2D eigenvalue weighted by molar-refractivity contribution is 5.56. The second-order valence-electron chi connectivity index (χ2n) is 3.71. The van der Waals surface area contributed by atoms with E-state index in [1.165, 1.54) is 25.7 Å². The highest BCUT2D eigenvalue weighted by atomic mass is 16.5. The minimum atomic E-state index is 0.827. The maximum Gasteiger partial charge on any atom is 0.0659 e. The number of hydrogen-bond acceptors (Lipinski definition) is 3. The molecular weight excluding hydrogens is 176 g/mol. The largest absolute Gasteiger partial charge is 0.378 e. The molecule has 1 heterocycles. The third kappa shape index (κ3) is 5.22. The number of rotatable bonds is 6. The van der Waals surface area contributed by atoms with Crippen molar-refractivity contribution in [1.29, 1.82) is 0 Å². The van der Waals surface area contributed by atoms with E-state index in [4.69, 9.17) is 4.74 Å². The number of ether oxygens (including phenoxy) is 1. The van der Waals surface area contributed by atoms with Gasteiger partial charge in [0.2, 0.25) is 0 Å². The molecule has 3 heteroatoms. The lowest BCUT2D eigenvalue weighted by Gasteiger charge is -2.23. The van der Waals surface area contributed by atoms with Gasteiger partial charge in [0.15, 0.2) is 0 Å². The summed E-state index contributed by atoms with van der Waals surface area (Å²) >= 11 is 0.